The van der Waals surface area contributed by atoms with Crippen molar-refractivity contribution < 1.29 is 19.1 Å². The Morgan fingerprint density at radius 3 is 2.57 bits per heavy atom. The molecule has 0 radical (unpaired) electrons. The second-order valence-corrected chi connectivity index (χ2v) is 5.45. The first-order valence-electron chi connectivity index (χ1n) is 6.75. The number of halogens is 2. The van der Waals surface area contributed by atoms with Gasteiger partial charge in [0.15, 0.2) is 6.61 Å². The van der Waals surface area contributed by atoms with Crippen molar-refractivity contribution in [3.05, 3.63) is 27.7 Å². The zero-order chi connectivity index (χ0) is 17.6. The van der Waals surface area contributed by atoms with E-state index in [1.165, 1.54) is 19.1 Å². The van der Waals surface area contributed by atoms with E-state index in [2.05, 4.69) is 10.6 Å². The van der Waals surface area contributed by atoms with Crippen LogP contribution < -0.4 is 16.4 Å². The van der Waals surface area contributed by atoms with Crippen LogP contribution >= 0.6 is 23.2 Å². The van der Waals surface area contributed by atoms with Crippen molar-refractivity contribution in [1.82, 2.24) is 10.6 Å². The van der Waals surface area contributed by atoms with Gasteiger partial charge in [-0.3, -0.25) is 9.59 Å². The maximum absolute atomic E-state index is 11.9. The highest BCUT2D eigenvalue weighted by molar-refractivity contribution is 6.37. The van der Waals surface area contributed by atoms with Crippen molar-refractivity contribution in [3.63, 3.8) is 0 Å². The number of hydrogen-bond acceptors (Lipinski definition) is 5. The minimum Gasteiger partial charge on any atom is -0.452 e. The van der Waals surface area contributed by atoms with Crippen LogP contribution in [-0.4, -0.2) is 37.0 Å². The van der Waals surface area contributed by atoms with Crippen LogP contribution in [0.2, 0.25) is 10.0 Å². The van der Waals surface area contributed by atoms with Crippen LogP contribution in [0.5, 0.6) is 0 Å². The molecule has 0 aromatic heterocycles. The van der Waals surface area contributed by atoms with Crippen molar-refractivity contribution in [1.29, 1.82) is 0 Å². The van der Waals surface area contributed by atoms with Gasteiger partial charge in [0.2, 0.25) is 5.91 Å². The maximum atomic E-state index is 11.9. The number of nitrogens with two attached hydrogens (primary N) is 1. The molecule has 1 rings (SSSR count). The van der Waals surface area contributed by atoms with Gasteiger partial charge >= 0.3 is 5.97 Å². The van der Waals surface area contributed by atoms with Crippen LogP contribution in [0.1, 0.15) is 24.2 Å². The standard InChI is InChI=1S/C14H17Cl2N3O4/c1-3-18-13(21)7(2)19-11(20)6-23-14(22)9-4-8(15)5-10(16)12(9)17/h4-5,7H,3,6,17H2,1-2H3,(H,18,21)(H,19,20)/t7-/m1/s1. The van der Waals surface area contributed by atoms with E-state index in [0.717, 1.165) is 0 Å². The fourth-order valence-corrected chi connectivity index (χ4v) is 2.13. The third-order valence-electron chi connectivity index (χ3n) is 2.77. The Kier molecular flexibility index (Phi) is 7.12. The van der Waals surface area contributed by atoms with Crippen LogP contribution in [0.25, 0.3) is 0 Å². The van der Waals surface area contributed by atoms with E-state index in [9.17, 15) is 14.4 Å². The average Bonchev–Trinajstić information content (AvgIpc) is 2.48. The summed E-state index contributed by atoms with van der Waals surface area (Å²) in [7, 11) is 0. The van der Waals surface area contributed by atoms with E-state index in [1.807, 2.05) is 0 Å². The predicted octanol–water partition coefficient (Wildman–Crippen LogP) is 1.37. The second-order valence-electron chi connectivity index (χ2n) is 4.61. The van der Waals surface area contributed by atoms with Gasteiger partial charge in [-0.25, -0.2) is 4.79 Å². The van der Waals surface area contributed by atoms with E-state index in [0.29, 0.717) is 6.54 Å². The molecule has 9 heteroatoms. The van der Waals surface area contributed by atoms with Crippen molar-refractivity contribution in [3.8, 4) is 0 Å². The first-order valence-corrected chi connectivity index (χ1v) is 7.50. The van der Waals surface area contributed by atoms with E-state index in [4.69, 9.17) is 33.7 Å². The quantitative estimate of drug-likeness (QED) is 0.523. The summed E-state index contributed by atoms with van der Waals surface area (Å²) in [4.78, 5) is 35.1. The third-order valence-corrected chi connectivity index (χ3v) is 3.30. The lowest BCUT2D eigenvalue weighted by Gasteiger charge is -2.13. The summed E-state index contributed by atoms with van der Waals surface area (Å²) in [5, 5.41) is 5.27. The molecular weight excluding hydrogens is 345 g/mol. The smallest absolute Gasteiger partial charge is 0.340 e. The Labute approximate surface area is 143 Å². The summed E-state index contributed by atoms with van der Waals surface area (Å²) in [5.74, 6) is -1.80. The molecule has 4 N–H and O–H groups in total. The fraction of sp³-hybridized carbons (Fsp3) is 0.357. The summed E-state index contributed by atoms with van der Waals surface area (Å²) in [5.41, 5.74) is 5.64. The largest absolute Gasteiger partial charge is 0.452 e. The summed E-state index contributed by atoms with van der Waals surface area (Å²) in [6, 6.07) is 1.93. The number of likely N-dealkylation sites (N-methyl/N-ethyl adjacent to an activating group) is 1. The van der Waals surface area contributed by atoms with E-state index < -0.39 is 24.5 Å². The Morgan fingerprint density at radius 2 is 1.96 bits per heavy atom. The van der Waals surface area contributed by atoms with E-state index in [1.54, 1.807) is 6.92 Å². The van der Waals surface area contributed by atoms with Crippen molar-refractivity contribution in [2.75, 3.05) is 18.9 Å². The Bertz CT molecular complexity index is 622. The summed E-state index contributed by atoms with van der Waals surface area (Å²) in [6.07, 6.45) is 0. The van der Waals surface area contributed by atoms with Crippen LogP contribution in [0.15, 0.2) is 12.1 Å². The molecule has 0 aliphatic rings. The number of carbonyl (C=O) groups is 3. The topological polar surface area (TPSA) is 111 Å². The van der Waals surface area contributed by atoms with Gasteiger partial charge in [0.05, 0.1) is 16.3 Å². The molecule has 1 atom stereocenters. The monoisotopic (exact) mass is 361 g/mol. The fourth-order valence-electron chi connectivity index (χ4n) is 1.64. The zero-order valence-corrected chi connectivity index (χ0v) is 14.1. The molecule has 0 spiro atoms. The molecule has 0 fully saturated rings. The second kappa shape index (κ2) is 8.59. The Morgan fingerprint density at radius 1 is 1.30 bits per heavy atom. The highest BCUT2D eigenvalue weighted by atomic mass is 35.5. The molecule has 0 saturated carbocycles. The van der Waals surface area contributed by atoms with E-state index >= 15 is 0 Å². The normalized spacial score (nSPS) is 11.5. The molecule has 2 amide bonds. The molecule has 0 aliphatic heterocycles. The minimum atomic E-state index is -0.840. The SMILES string of the molecule is CCNC(=O)[C@@H](C)NC(=O)COC(=O)c1cc(Cl)cc(Cl)c1N. The van der Waals surface area contributed by atoms with Gasteiger partial charge in [0.1, 0.15) is 6.04 Å². The lowest BCUT2D eigenvalue weighted by molar-refractivity contribution is -0.130. The number of ether oxygens (including phenoxy) is 1. The Hall–Kier alpha value is -1.99. The first kappa shape index (κ1) is 19.1. The number of rotatable bonds is 6. The Balaban J connectivity index is 2.60. The zero-order valence-electron chi connectivity index (χ0n) is 12.6. The minimum absolute atomic E-state index is 0.0113. The van der Waals surface area contributed by atoms with Crippen molar-refractivity contribution in [2.24, 2.45) is 0 Å². The lowest BCUT2D eigenvalue weighted by atomic mass is 10.2. The number of amides is 2. The number of nitrogens with one attached hydrogen (secondary N) is 2. The number of benzene rings is 1. The molecule has 0 heterocycles. The number of anilines is 1. The van der Waals surface area contributed by atoms with Gasteiger partial charge in [0, 0.05) is 11.6 Å². The number of carbonyl (C=O) groups excluding carboxylic acids is 3. The molecule has 23 heavy (non-hydrogen) atoms. The summed E-state index contributed by atoms with van der Waals surface area (Å²) in [6.45, 7) is 3.16. The molecule has 0 unspecified atom stereocenters. The van der Waals surface area contributed by atoms with Gasteiger partial charge in [-0.2, -0.15) is 0 Å². The molecule has 126 valence electrons. The van der Waals surface area contributed by atoms with Crippen LogP contribution in [0.4, 0.5) is 5.69 Å². The van der Waals surface area contributed by atoms with Crippen LogP contribution in [0.3, 0.4) is 0 Å². The molecule has 1 aromatic rings. The average molecular weight is 362 g/mol. The molecule has 0 saturated heterocycles. The predicted molar refractivity (Wildman–Crippen MR) is 87.4 cm³/mol. The summed E-state index contributed by atoms with van der Waals surface area (Å²) >= 11 is 11.6. The number of esters is 1. The number of hydrogen-bond donors (Lipinski definition) is 3. The van der Waals surface area contributed by atoms with Crippen LogP contribution in [0, 0.1) is 0 Å². The highest BCUT2D eigenvalue weighted by Gasteiger charge is 2.18. The lowest BCUT2D eigenvalue weighted by Crippen LogP contribution is -2.46. The van der Waals surface area contributed by atoms with Gasteiger partial charge in [-0.15, -0.1) is 0 Å². The first-order chi connectivity index (χ1) is 10.8. The van der Waals surface area contributed by atoms with Crippen molar-refractivity contribution in [2.45, 2.75) is 19.9 Å². The third kappa shape index (κ3) is 5.61. The molecule has 0 aliphatic carbocycles. The van der Waals surface area contributed by atoms with Gasteiger partial charge in [-0.1, -0.05) is 23.2 Å². The van der Waals surface area contributed by atoms with Crippen LogP contribution in [-0.2, 0) is 14.3 Å². The van der Waals surface area contributed by atoms with E-state index in [-0.39, 0.29) is 27.2 Å². The van der Waals surface area contributed by atoms with Gasteiger partial charge < -0.3 is 21.1 Å². The van der Waals surface area contributed by atoms with Crippen molar-refractivity contribution >= 4 is 46.7 Å². The van der Waals surface area contributed by atoms with Gasteiger partial charge in [-0.05, 0) is 26.0 Å². The number of nitrogen functional groups attached to an aromatic ring is 1. The molecular formula is C14H17Cl2N3O4. The molecule has 7 nitrogen and oxygen atoms in total. The molecule has 1 aromatic carbocycles. The van der Waals surface area contributed by atoms with Gasteiger partial charge in [0.25, 0.3) is 5.91 Å². The highest BCUT2D eigenvalue weighted by Crippen LogP contribution is 2.27. The summed E-state index contributed by atoms with van der Waals surface area (Å²) < 4.78 is 4.84. The maximum Gasteiger partial charge on any atom is 0.340 e. The molecule has 0 bridgehead atoms.